The highest BCUT2D eigenvalue weighted by atomic mass is 16.5. The van der Waals surface area contributed by atoms with Gasteiger partial charge in [0, 0.05) is 10.9 Å². The Hall–Kier alpha value is -2.79. The van der Waals surface area contributed by atoms with Gasteiger partial charge in [-0.2, -0.15) is 0 Å². The average Bonchev–Trinajstić information content (AvgIpc) is 2.98. The van der Waals surface area contributed by atoms with Gasteiger partial charge in [-0.15, -0.1) is 0 Å². The number of carbonyl (C=O) groups excluding carboxylic acids is 1. The lowest BCUT2D eigenvalue weighted by Gasteiger charge is -2.05. The van der Waals surface area contributed by atoms with Gasteiger partial charge in [0.2, 0.25) is 0 Å². The number of amides is 1. The molecule has 0 aliphatic carbocycles. The van der Waals surface area contributed by atoms with Crippen molar-refractivity contribution in [3.05, 3.63) is 54.3 Å². The van der Waals surface area contributed by atoms with Gasteiger partial charge in [-0.25, -0.2) is 5.84 Å². The number of rotatable bonds is 3. The van der Waals surface area contributed by atoms with E-state index in [-0.39, 0.29) is 5.76 Å². The fourth-order valence-electron chi connectivity index (χ4n) is 2.26. The van der Waals surface area contributed by atoms with Gasteiger partial charge in [0.05, 0.1) is 7.11 Å². The average molecular weight is 282 g/mol. The molecule has 0 fully saturated rings. The van der Waals surface area contributed by atoms with E-state index in [0.717, 1.165) is 22.3 Å². The largest absolute Gasteiger partial charge is 0.497 e. The summed E-state index contributed by atoms with van der Waals surface area (Å²) in [5, 5.41) is 0.842. The van der Waals surface area contributed by atoms with E-state index < -0.39 is 5.91 Å². The second kappa shape index (κ2) is 5.30. The normalized spacial score (nSPS) is 10.6. The monoisotopic (exact) mass is 282 g/mol. The number of fused-ring (bicyclic) bond motifs is 1. The Morgan fingerprint density at radius 2 is 2.00 bits per heavy atom. The van der Waals surface area contributed by atoms with E-state index in [9.17, 15) is 4.79 Å². The summed E-state index contributed by atoms with van der Waals surface area (Å²) in [5.74, 6) is 5.62. The lowest BCUT2D eigenvalue weighted by molar-refractivity contribution is 0.0928. The Morgan fingerprint density at radius 3 is 2.76 bits per heavy atom. The molecule has 3 N–H and O–H groups in total. The molecule has 1 aromatic heterocycles. The van der Waals surface area contributed by atoms with Crippen molar-refractivity contribution in [2.75, 3.05) is 7.11 Å². The molecule has 0 unspecified atom stereocenters. The number of hydrazine groups is 1. The van der Waals surface area contributed by atoms with Crippen LogP contribution in [0.25, 0.3) is 22.1 Å². The first-order valence-electron chi connectivity index (χ1n) is 6.41. The van der Waals surface area contributed by atoms with Crippen molar-refractivity contribution >= 4 is 16.9 Å². The van der Waals surface area contributed by atoms with Crippen LogP contribution in [0.4, 0.5) is 0 Å². The molecule has 2 aromatic carbocycles. The predicted octanol–water partition coefficient (Wildman–Crippen LogP) is 2.71. The van der Waals surface area contributed by atoms with Crippen molar-refractivity contribution < 1.29 is 13.9 Å². The Morgan fingerprint density at radius 1 is 1.19 bits per heavy atom. The molecule has 0 saturated carbocycles. The van der Waals surface area contributed by atoms with Crippen LogP contribution in [-0.2, 0) is 0 Å². The molecule has 3 rings (SSSR count). The van der Waals surface area contributed by atoms with Crippen molar-refractivity contribution in [1.29, 1.82) is 0 Å². The van der Waals surface area contributed by atoms with Crippen LogP contribution in [0.1, 0.15) is 10.6 Å². The molecular formula is C16H14N2O3. The third kappa shape index (κ3) is 2.34. The maximum Gasteiger partial charge on any atom is 0.300 e. The lowest BCUT2D eigenvalue weighted by Crippen LogP contribution is -2.29. The van der Waals surface area contributed by atoms with Crippen LogP contribution >= 0.6 is 0 Å². The van der Waals surface area contributed by atoms with E-state index in [1.165, 1.54) is 0 Å². The number of nitrogens with one attached hydrogen (secondary N) is 1. The number of para-hydroxylation sites is 1. The summed E-state index contributed by atoms with van der Waals surface area (Å²) < 4.78 is 10.9. The Labute approximate surface area is 121 Å². The van der Waals surface area contributed by atoms with Crippen LogP contribution in [0, 0.1) is 0 Å². The van der Waals surface area contributed by atoms with Crippen LogP contribution in [0.3, 0.4) is 0 Å². The van der Waals surface area contributed by atoms with Gasteiger partial charge in [0.15, 0.2) is 5.76 Å². The fourth-order valence-corrected chi connectivity index (χ4v) is 2.26. The van der Waals surface area contributed by atoms with Gasteiger partial charge >= 0.3 is 5.91 Å². The number of methoxy groups -OCH3 is 1. The number of benzene rings is 2. The highest BCUT2D eigenvalue weighted by Gasteiger charge is 2.14. The molecule has 1 heterocycles. The van der Waals surface area contributed by atoms with E-state index in [4.69, 9.17) is 15.0 Å². The molecule has 0 atom stereocenters. The zero-order valence-electron chi connectivity index (χ0n) is 11.4. The van der Waals surface area contributed by atoms with Crippen molar-refractivity contribution in [1.82, 2.24) is 5.43 Å². The summed E-state index contributed by atoms with van der Waals surface area (Å²) in [6, 6.07) is 15.1. The highest BCUT2D eigenvalue weighted by Crippen LogP contribution is 2.32. The Balaban J connectivity index is 2.18. The van der Waals surface area contributed by atoms with E-state index in [0.29, 0.717) is 5.58 Å². The van der Waals surface area contributed by atoms with E-state index >= 15 is 0 Å². The van der Waals surface area contributed by atoms with Gasteiger partial charge in [-0.05, 0) is 23.8 Å². The van der Waals surface area contributed by atoms with Crippen LogP contribution in [-0.4, -0.2) is 13.0 Å². The molecule has 0 aliphatic heterocycles. The molecule has 3 aromatic rings. The number of nitrogens with two attached hydrogens (primary N) is 1. The molecule has 0 aliphatic rings. The summed E-state index contributed by atoms with van der Waals surface area (Å²) in [6.07, 6.45) is 0. The topological polar surface area (TPSA) is 77.5 Å². The van der Waals surface area contributed by atoms with Crippen molar-refractivity contribution in [2.45, 2.75) is 0 Å². The van der Waals surface area contributed by atoms with E-state index in [1.807, 2.05) is 42.5 Å². The zero-order chi connectivity index (χ0) is 14.8. The minimum Gasteiger partial charge on any atom is -0.497 e. The van der Waals surface area contributed by atoms with Gasteiger partial charge < -0.3 is 9.15 Å². The van der Waals surface area contributed by atoms with Crippen LogP contribution < -0.4 is 16.0 Å². The van der Waals surface area contributed by atoms with Crippen LogP contribution in [0.2, 0.25) is 0 Å². The second-order valence-electron chi connectivity index (χ2n) is 4.54. The first-order valence-corrected chi connectivity index (χ1v) is 6.41. The second-order valence-corrected chi connectivity index (χ2v) is 4.54. The summed E-state index contributed by atoms with van der Waals surface area (Å²) in [5.41, 5.74) is 4.55. The molecule has 0 saturated heterocycles. The van der Waals surface area contributed by atoms with Crippen molar-refractivity contribution in [2.24, 2.45) is 5.84 Å². The van der Waals surface area contributed by atoms with Gasteiger partial charge in [-0.1, -0.05) is 30.3 Å². The lowest BCUT2D eigenvalue weighted by atomic mass is 10.0. The maximum absolute atomic E-state index is 11.6. The van der Waals surface area contributed by atoms with Crippen molar-refractivity contribution in [3.8, 4) is 16.9 Å². The summed E-state index contributed by atoms with van der Waals surface area (Å²) in [4.78, 5) is 11.6. The molecule has 21 heavy (non-hydrogen) atoms. The van der Waals surface area contributed by atoms with Crippen LogP contribution in [0.5, 0.6) is 5.75 Å². The van der Waals surface area contributed by atoms with Gasteiger partial charge in [0.25, 0.3) is 0 Å². The molecule has 1 amide bonds. The standard InChI is InChI=1S/C16H14N2O3/c1-20-12-6-2-4-10(8-12)13-7-3-5-11-9-14(16(19)18-17)21-15(11)13/h2-9H,17H2,1H3,(H,18,19). The molecule has 0 radical (unpaired) electrons. The Kier molecular flexibility index (Phi) is 3.33. The molecule has 5 heteroatoms. The van der Waals surface area contributed by atoms with Gasteiger partial charge in [0.1, 0.15) is 11.3 Å². The summed E-state index contributed by atoms with van der Waals surface area (Å²) >= 11 is 0. The van der Waals surface area contributed by atoms with Crippen molar-refractivity contribution in [3.63, 3.8) is 0 Å². The number of ether oxygens (including phenoxy) is 1. The van der Waals surface area contributed by atoms with E-state index in [2.05, 4.69) is 5.43 Å². The summed E-state index contributed by atoms with van der Waals surface area (Å²) in [7, 11) is 1.62. The number of nitrogen functional groups attached to an aromatic ring is 1. The third-order valence-corrected chi connectivity index (χ3v) is 3.28. The number of hydrogen-bond acceptors (Lipinski definition) is 4. The molecular weight excluding hydrogens is 268 g/mol. The first-order chi connectivity index (χ1) is 10.2. The first kappa shape index (κ1) is 13.2. The number of furan rings is 1. The molecule has 0 bridgehead atoms. The van der Waals surface area contributed by atoms with Gasteiger partial charge in [-0.3, -0.25) is 10.2 Å². The molecule has 0 spiro atoms. The van der Waals surface area contributed by atoms with Crippen LogP contribution in [0.15, 0.2) is 52.9 Å². The van der Waals surface area contributed by atoms with E-state index in [1.54, 1.807) is 13.2 Å². The quantitative estimate of drug-likeness (QED) is 0.440. The smallest absolute Gasteiger partial charge is 0.300 e. The fraction of sp³-hybridized carbons (Fsp3) is 0.0625. The zero-order valence-corrected chi connectivity index (χ0v) is 11.4. The minimum atomic E-state index is -0.456. The third-order valence-electron chi connectivity index (χ3n) is 3.28. The molecule has 5 nitrogen and oxygen atoms in total. The predicted molar refractivity (Wildman–Crippen MR) is 79.9 cm³/mol. The number of hydrogen-bond donors (Lipinski definition) is 2. The molecule has 106 valence electrons. The summed E-state index contributed by atoms with van der Waals surface area (Å²) in [6.45, 7) is 0. The minimum absolute atomic E-state index is 0.183. The Bertz CT molecular complexity index is 808. The number of carbonyl (C=O) groups is 1. The SMILES string of the molecule is COc1cccc(-c2cccc3cc(C(=O)NN)oc23)c1. The highest BCUT2D eigenvalue weighted by molar-refractivity contribution is 5.99. The maximum atomic E-state index is 11.6.